The van der Waals surface area contributed by atoms with Gasteiger partial charge >= 0.3 is 41.8 Å². The van der Waals surface area contributed by atoms with Gasteiger partial charge in [-0.3, -0.25) is 28.8 Å². The molecule has 1 heterocycles. The first-order chi connectivity index (χ1) is 25.6. The number of aliphatic hydroxyl groups is 1. The Labute approximate surface area is 318 Å². The molecule has 4 aliphatic rings. The Kier molecular flexibility index (Phi) is 11.3. The van der Waals surface area contributed by atoms with Crippen LogP contribution in [0.25, 0.3) is 0 Å². The zero-order valence-electron chi connectivity index (χ0n) is 32.3. The van der Waals surface area contributed by atoms with E-state index in [4.69, 9.17) is 37.9 Å². The van der Waals surface area contributed by atoms with Crippen LogP contribution in [0.2, 0.25) is 0 Å². The van der Waals surface area contributed by atoms with E-state index in [0.29, 0.717) is 0 Å². The van der Waals surface area contributed by atoms with Crippen molar-refractivity contribution in [3.8, 4) is 0 Å². The molecule has 0 radical (unpaired) electrons. The second kappa shape index (κ2) is 15.0. The molecule has 1 aliphatic heterocycles. The Morgan fingerprint density at radius 2 is 1.38 bits per heavy atom. The number of rotatable bonds is 10. The number of benzene rings is 1. The van der Waals surface area contributed by atoms with E-state index >= 15 is 0 Å². The van der Waals surface area contributed by atoms with Gasteiger partial charge in [-0.2, -0.15) is 0 Å². The van der Waals surface area contributed by atoms with E-state index in [1.54, 1.807) is 25.1 Å². The van der Waals surface area contributed by atoms with Gasteiger partial charge < -0.3 is 43.0 Å². The molecule has 1 N–H and O–H groups in total. The molecular weight excluding hydrogens is 724 g/mol. The number of carbonyl (C=O) groups excluding carboxylic acids is 7. The lowest BCUT2D eigenvalue weighted by Crippen LogP contribution is -2.80. The predicted octanol–water partition coefficient (Wildman–Crippen LogP) is 2.70. The first-order valence-corrected chi connectivity index (χ1v) is 17.9. The average Bonchev–Trinajstić information content (AvgIpc) is 3.31. The van der Waals surface area contributed by atoms with Crippen LogP contribution >= 0.6 is 0 Å². The maximum atomic E-state index is 14.5. The van der Waals surface area contributed by atoms with E-state index < -0.39 is 113 Å². The third-order valence-electron chi connectivity index (χ3n) is 11.4. The van der Waals surface area contributed by atoms with Gasteiger partial charge in [-0.05, 0) is 44.1 Å². The summed E-state index contributed by atoms with van der Waals surface area (Å²) in [4.78, 5) is 92.8. The molecule has 55 heavy (non-hydrogen) atoms. The van der Waals surface area contributed by atoms with Crippen LogP contribution in [0.1, 0.15) is 85.5 Å². The van der Waals surface area contributed by atoms with Gasteiger partial charge in [0.25, 0.3) is 0 Å². The Hall–Kier alpha value is -4.83. The number of fused-ring (bicyclic) bond motifs is 4. The van der Waals surface area contributed by atoms with E-state index in [1.807, 2.05) is 0 Å². The maximum Gasteiger partial charge on any atom is 0.338 e. The minimum Gasteiger partial charge on any atom is -0.465 e. The molecule has 0 unspecified atom stereocenters. The number of hydrogen-bond donors (Lipinski definition) is 1. The summed E-state index contributed by atoms with van der Waals surface area (Å²) in [6, 6.07) is 7.86. The molecule has 16 heteroatoms. The number of carbonyl (C=O) groups is 7. The molecule has 2 saturated carbocycles. The highest BCUT2D eigenvalue weighted by molar-refractivity contribution is 5.89. The lowest BCUT2D eigenvalue weighted by atomic mass is 9.49. The highest BCUT2D eigenvalue weighted by Crippen LogP contribution is 2.69. The van der Waals surface area contributed by atoms with Gasteiger partial charge in [-0.25, -0.2) is 4.79 Å². The van der Waals surface area contributed by atoms with Crippen molar-refractivity contribution >= 4 is 41.8 Å². The van der Waals surface area contributed by atoms with Crippen LogP contribution in [-0.2, 0) is 66.7 Å². The summed E-state index contributed by atoms with van der Waals surface area (Å²) in [6.07, 6.45) is -9.35. The molecule has 10 atom stereocenters. The molecule has 1 aromatic carbocycles. The van der Waals surface area contributed by atoms with Crippen molar-refractivity contribution in [1.82, 2.24) is 0 Å². The van der Waals surface area contributed by atoms with E-state index in [9.17, 15) is 38.7 Å². The maximum absolute atomic E-state index is 14.5. The quantitative estimate of drug-likeness (QED) is 0.206. The third-order valence-corrected chi connectivity index (χ3v) is 11.4. The normalized spacial score (nSPS) is 33.5. The van der Waals surface area contributed by atoms with Crippen molar-refractivity contribution in [3.05, 3.63) is 47.0 Å². The fourth-order valence-corrected chi connectivity index (χ4v) is 9.55. The molecule has 0 spiro atoms. The van der Waals surface area contributed by atoms with Gasteiger partial charge in [0.05, 0.1) is 34.5 Å². The van der Waals surface area contributed by atoms with Gasteiger partial charge in [-0.15, -0.1) is 0 Å². The Bertz CT molecular complexity index is 1780. The molecule has 16 nitrogen and oxygen atoms in total. The number of hydrogen-bond acceptors (Lipinski definition) is 16. The zero-order valence-corrected chi connectivity index (χ0v) is 32.3. The molecule has 0 aromatic heterocycles. The molecular formula is C39H48O16. The first-order valence-electron chi connectivity index (χ1n) is 17.9. The summed E-state index contributed by atoms with van der Waals surface area (Å²) in [5.74, 6) is -7.41. The summed E-state index contributed by atoms with van der Waals surface area (Å²) in [5.41, 5.74) is -7.47. The number of esters is 7. The molecule has 3 aliphatic carbocycles. The second-order valence-electron chi connectivity index (χ2n) is 15.2. The molecule has 1 aromatic rings. The van der Waals surface area contributed by atoms with Crippen molar-refractivity contribution < 1.29 is 76.6 Å². The summed E-state index contributed by atoms with van der Waals surface area (Å²) in [5, 5.41) is 12.7. The summed E-state index contributed by atoms with van der Waals surface area (Å²) in [6.45, 7) is 10.1. The standard InChI is InChI=1S/C39H48O16/c1-19-27(50-21(3)41)16-38(36(8,9)47)30(19)31(52-23(5)43)33(53-24(6)44)37(17-48-20(2)40)28(51-22(4)42)15-29-39(18-49-29,55-25(7)45)32(37)34(38)54-35(46)26-13-11-10-12-14-26/h10-14,27-29,31-34,47H,15-18H2,1-9H3/t27-,28-,29+,31+,32-,33-,34-,37+,38-,39-/m0/s1. The monoisotopic (exact) mass is 772 g/mol. The smallest absolute Gasteiger partial charge is 0.338 e. The molecule has 3 fully saturated rings. The highest BCUT2D eigenvalue weighted by Gasteiger charge is 2.82. The Morgan fingerprint density at radius 1 is 0.782 bits per heavy atom. The van der Waals surface area contributed by atoms with Crippen molar-refractivity contribution in [1.29, 1.82) is 0 Å². The summed E-state index contributed by atoms with van der Waals surface area (Å²) >= 11 is 0. The van der Waals surface area contributed by atoms with Crippen molar-refractivity contribution in [2.24, 2.45) is 16.7 Å². The van der Waals surface area contributed by atoms with Crippen LogP contribution in [0, 0.1) is 16.7 Å². The Morgan fingerprint density at radius 3 is 1.87 bits per heavy atom. The molecule has 300 valence electrons. The van der Waals surface area contributed by atoms with Crippen LogP contribution in [0.4, 0.5) is 0 Å². The van der Waals surface area contributed by atoms with Crippen molar-refractivity contribution in [2.75, 3.05) is 13.2 Å². The minimum absolute atomic E-state index is 0.0616. The molecule has 0 bridgehead atoms. The van der Waals surface area contributed by atoms with Crippen LogP contribution in [0.3, 0.4) is 0 Å². The number of ether oxygens (including phenoxy) is 8. The van der Waals surface area contributed by atoms with Gasteiger partial charge in [0.1, 0.15) is 31.0 Å². The van der Waals surface area contributed by atoms with Crippen LogP contribution in [0.15, 0.2) is 41.5 Å². The lowest BCUT2D eigenvalue weighted by molar-refractivity contribution is -0.358. The SMILES string of the molecule is CC(=O)OC[C@@]12[C@@H](OC(C)=O)C[C@H]3OC[C@@]3(OC(C)=O)[C@H]1[C@H](OC(=O)c1ccccc1)[C@]1(C(C)(C)O)C[C@H](OC(C)=O)C(C)=C1[C@@H](OC(C)=O)[C@@H]2OC(C)=O. The second-order valence-corrected chi connectivity index (χ2v) is 15.2. The van der Waals surface area contributed by atoms with Gasteiger partial charge in [-0.1, -0.05) is 18.2 Å². The van der Waals surface area contributed by atoms with E-state index in [1.165, 1.54) is 32.9 Å². The lowest BCUT2D eigenvalue weighted by Gasteiger charge is -2.65. The third kappa shape index (κ3) is 7.10. The molecule has 5 rings (SSSR count). The minimum atomic E-state index is -2.09. The summed E-state index contributed by atoms with van der Waals surface area (Å²) < 4.78 is 48.8. The Balaban J connectivity index is 2.05. The highest BCUT2D eigenvalue weighted by atomic mass is 16.6. The fraction of sp³-hybridized carbons (Fsp3) is 0.615. The van der Waals surface area contributed by atoms with Crippen molar-refractivity contribution in [3.63, 3.8) is 0 Å². The van der Waals surface area contributed by atoms with Crippen LogP contribution in [0.5, 0.6) is 0 Å². The first kappa shape index (κ1) is 41.3. The van der Waals surface area contributed by atoms with Gasteiger partial charge in [0.15, 0.2) is 17.8 Å². The van der Waals surface area contributed by atoms with Crippen LogP contribution < -0.4 is 0 Å². The predicted molar refractivity (Wildman–Crippen MR) is 185 cm³/mol. The fourth-order valence-electron chi connectivity index (χ4n) is 9.55. The van der Waals surface area contributed by atoms with Gasteiger partial charge in [0.2, 0.25) is 0 Å². The zero-order chi connectivity index (χ0) is 40.8. The van der Waals surface area contributed by atoms with E-state index in [0.717, 1.165) is 34.6 Å². The van der Waals surface area contributed by atoms with Crippen LogP contribution in [-0.4, -0.2) is 108 Å². The van der Waals surface area contributed by atoms with Crippen molar-refractivity contribution in [2.45, 2.75) is 123 Å². The van der Waals surface area contributed by atoms with E-state index in [-0.39, 0.29) is 36.2 Å². The summed E-state index contributed by atoms with van der Waals surface area (Å²) in [7, 11) is 0. The largest absolute Gasteiger partial charge is 0.465 e. The molecule has 0 amide bonds. The van der Waals surface area contributed by atoms with E-state index in [2.05, 4.69) is 0 Å². The topological polar surface area (TPSA) is 214 Å². The van der Waals surface area contributed by atoms with Gasteiger partial charge in [0, 0.05) is 54.4 Å². The average molecular weight is 773 g/mol. The molecule has 1 saturated heterocycles.